The Kier molecular flexibility index (Phi) is 7.01. The van der Waals surface area contributed by atoms with Crippen molar-refractivity contribution in [3.8, 4) is 5.75 Å². The molecule has 0 bridgehead atoms. The molecule has 3 heterocycles. The summed E-state index contributed by atoms with van der Waals surface area (Å²) in [5.41, 5.74) is 1.60. The van der Waals surface area contributed by atoms with Crippen molar-refractivity contribution in [1.29, 1.82) is 0 Å². The Balaban J connectivity index is 1.41. The lowest BCUT2D eigenvalue weighted by Gasteiger charge is -2.33. The minimum Gasteiger partial charge on any atom is -0.502 e. The van der Waals surface area contributed by atoms with Gasteiger partial charge in [0.2, 0.25) is 5.43 Å². The van der Waals surface area contributed by atoms with Gasteiger partial charge < -0.3 is 14.4 Å². The molecule has 2 aromatic rings. The molecule has 32 heavy (non-hydrogen) atoms. The van der Waals surface area contributed by atoms with Crippen molar-refractivity contribution in [3.63, 3.8) is 0 Å². The molecule has 1 aromatic heterocycles. The Morgan fingerprint density at radius 3 is 2.59 bits per heavy atom. The molecular formula is C24H26N2O4S2. The summed E-state index contributed by atoms with van der Waals surface area (Å²) in [6.07, 6.45) is 7.89. The van der Waals surface area contributed by atoms with Crippen LogP contribution < -0.4 is 10.3 Å². The average Bonchev–Trinajstić information content (AvgIpc) is 3.05. The van der Waals surface area contributed by atoms with Crippen molar-refractivity contribution >= 4 is 46.0 Å². The van der Waals surface area contributed by atoms with Gasteiger partial charge in [-0.3, -0.25) is 14.5 Å². The van der Waals surface area contributed by atoms with E-state index in [0.717, 1.165) is 30.8 Å². The maximum Gasteiger partial charge on any atom is 0.266 e. The van der Waals surface area contributed by atoms with E-state index in [1.807, 2.05) is 18.2 Å². The van der Waals surface area contributed by atoms with Crippen LogP contribution in [0.15, 0.2) is 50.7 Å². The third kappa shape index (κ3) is 5.07. The van der Waals surface area contributed by atoms with Crippen LogP contribution in [0.25, 0.3) is 6.08 Å². The fraction of sp³-hybridized carbons (Fsp3) is 0.375. The van der Waals surface area contributed by atoms with Gasteiger partial charge in [-0.15, -0.1) is 0 Å². The predicted octanol–water partition coefficient (Wildman–Crippen LogP) is 4.76. The lowest BCUT2D eigenvalue weighted by Crippen LogP contribution is -2.33. The van der Waals surface area contributed by atoms with Gasteiger partial charge in [-0.25, -0.2) is 0 Å². The normalized spacial score (nSPS) is 18.7. The molecule has 2 aliphatic heterocycles. The Labute approximate surface area is 196 Å². The number of amides is 1. The van der Waals surface area contributed by atoms with Crippen molar-refractivity contribution in [2.75, 3.05) is 18.0 Å². The fourth-order valence-corrected chi connectivity index (χ4v) is 5.39. The number of nitrogens with zero attached hydrogens (tertiary/aromatic N) is 2. The SMILES string of the molecule is CCCC1CCN(c2ccc(/C=C3\SC(=S)N(Cc4cc(=O)c(O)co4)C3=O)cc2)CC1. The molecule has 2 saturated heterocycles. The Bertz CT molecular complexity index is 1090. The van der Waals surface area contributed by atoms with Gasteiger partial charge in [-0.1, -0.05) is 55.9 Å². The number of hydrogen-bond donors (Lipinski definition) is 1. The zero-order chi connectivity index (χ0) is 22.7. The molecule has 8 heteroatoms. The van der Waals surface area contributed by atoms with E-state index in [1.165, 1.54) is 54.1 Å². The summed E-state index contributed by atoms with van der Waals surface area (Å²) >= 11 is 6.58. The summed E-state index contributed by atoms with van der Waals surface area (Å²) in [5, 5.41) is 9.32. The van der Waals surface area contributed by atoms with E-state index in [9.17, 15) is 14.7 Å². The summed E-state index contributed by atoms with van der Waals surface area (Å²) in [7, 11) is 0. The van der Waals surface area contributed by atoms with E-state index in [2.05, 4.69) is 24.0 Å². The van der Waals surface area contributed by atoms with Gasteiger partial charge in [0.05, 0.1) is 11.4 Å². The average molecular weight is 471 g/mol. The molecule has 4 rings (SSSR count). The molecule has 2 fully saturated rings. The lowest BCUT2D eigenvalue weighted by atomic mass is 9.92. The molecular weight excluding hydrogens is 444 g/mol. The maximum atomic E-state index is 12.8. The number of aromatic hydroxyl groups is 1. The van der Waals surface area contributed by atoms with E-state index < -0.39 is 11.2 Å². The Hall–Kier alpha value is -2.58. The lowest BCUT2D eigenvalue weighted by molar-refractivity contribution is -0.122. The summed E-state index contributed by atoms with van der Waals surface area (Å²) < 4.78 is 5.61. The molecule has 0 saturated carbocycles. The second-order valence-electron chi connectivity index (χ2n) is 8.17. The van der Waals surface area contributed by atoms with Crippen LogP contribution in [0.2, 0.25) is 0 Å². The van der Waals surface area contributed by atoms with Crippen molar-refractivity contribution in [2.45, 2.75) is 39.2 Å². The third-order valence-corrected chi connectivity index (χ3v) is 7.30. The highest BCUT2D eigenvalue weighted by molar-refractivity contribution is 8.26. The first-order valence-electron chi connectivity index (χ1n) is 10.9. The van der Waals surface area contributed by atoms with Crippen LogP contribution >= 0.6 is 24.0 Å². The molecule has 0 spiro atoms. The van der Waals surface area contributed by atoms with Gasteiger partial charge in [-0.05, 0) is 42.5 Å². The summed E-state index contributed by atoms with van der Waals surface area (Å²) in [6, 6.07) is 9.44. The fourth-order valence-electron chi connectivity index (χ4n) is 4.14. The zero-order valence-electron chi connectivity index (χ0n) is 18.0. The molecule has 1 N–H and O–H groups in total. The summed E-state index contributed by atoms with van der Waals surface area (Å²) in [5.74, 6) is 0.426. The maximum absolute atomic E-state index is 12.8. The molecule has 0 radical (unpaired) electrons. The first-order chi connectivity index (χ1) is 15.4. The van der Waals surface area contributed by atoms with Crippen LogP contribution in [0, 0.1) is 5.92 Å². The largest absolute Gasteiger partial charge is 0.502 e. The molecule has 0 aliphatic carbocycles. The number of anilines is 1. The van der Waals surface area contributed by atoms with Crippen LogP contribution in [0.1, 0.15) is 43.9 Å². The Morgan fingerprint density at radius 2 is 1.94 bits per heavy atom. The number of hydrogen-bond acceptors (Lipinski definition) is 7. The summed E-state index contributed by atoms with van der Waals surface area (Å²) in [6.45, 7) is 4.49. The van der Waals surface area contributed by atoms with Crippen LogP contribution in [-0.4, -0.2) is 33.3 Å². The molecule has 0 unspecified atom stereocenters. The monoisotopic (exact) mass is 470 g/mol. The number of benzene rings is 1. The van der Waals surface area contributed by atoms with Crippen molar-refractivity contribution < 1.29 is 14.3 Å². The second-order valence-corrected chi connectivity index (χ2v) is 9.85. The highest BCUT2D eigenvalue weighted by Gasteiger charge is 2.32. The topological polar surface area (TPSA) is 74.0 Å². The highest BCUT2D eigenvalue weighted by Crippen LogP contribution is 2.34. The number of thiocarbonyl (C=S) groups is 1. The number of rotatable bonds is 6. The molecule has 2 aliphatic rings. The zero-order valence-corrected chi connectivity index (χ0v) is 19.6. The minimum absolute atomic E-state index is 0.0461. The van der Waals surface area contributed by atoms with Gasteiger partial charge in [0.1, 0.15) is 16.3 Å². The number of piperidine rings is 1. The Morgan fingerprint density at radius 1 is 1.22 bits per heavy atom. The van der Waals surface area contributed by atoms with Crippen molar-refractivity contribution in [3.05, 3.63) is 63.0 Å². The van der Waals surface area contributed by atoms with E-state index in [1.54, 1.807) is 0 Å². The highest BCUT2D eigenvalue weighted by atomic mass is 32.2. The molecule has 6 nitrogen and oxygen atoms in total. The van der Waals surface area contributed by atoms with E-state index in [-0.39, 0.29) is 18.2 Å². The van der Waals surface area contributed by atoms with E-state index in [0.29, 0.717) is 9.23 Å². The first kappa shape index (κ1) is 22.6. The molecule has 0 atom stereocenters. The quantitative estimate of drug-likeness (QED) is 0.482. The van der Waals surface area contributed by atoms with Gasteiger partial charge in [0, 0.05) is 24.8 Å². The van der Waals surface area contributed by atoms with Gasteiger partial charge >= 0.3 is 0 Å². The number of carbonyl (C=O) groups excluding carboxylic acids is 1. The smallest absolute Gasteiger partial charge is 0.266 e. The second kappa shape index (κ2) is 9.92. The van der Waals surface area contributed by atoms with E-state index in [4.69, 9.17) is 16.6 Å². The van der Waals surface area contributed by atoms with Crippen molar-refractivity contribution in [1.82, 2.24) is 4.90 Å². The van der Waals surface area contributed by atoms with Crippen LogP contribution in [0.5, 0.6) is 5.75 Å². The number of thioether (sulfide) groups is 1. The van der Waals surface area contributed by atoms with Crippen LogP contribution in [-0.2, 0) is 11.3 Å². The van der Waals surface area contributed by atoms with Crippen LogP contribution in [0.3, 0.4) is 0 Å². The van der Waals surface area contributed by atoms with E-state index >= 15 is 0 Å². The van der Waals surface area contributed by atoms with Gasteiger partial charge in [0.25, 0.3) is 5.91 Å². The summed E-state index contributed by atoms with van der Waals surface area (Å²) in [4.78, 5) is 28.8. The molecule has 168 valence electrons. The minimum atomic E-state index is -0.554. The number of carbonyl (C=O) groups is 1. The third-order valence-electron chi connectivity index (χ3n) is 5.92. The predicted molar refractivity (Wildman–Crippen MR) is 132 cm³/mol. The van der Waals surface area contributed by atoms with Gasteiger partial charge in [-0.2, -0.15) is 0 Å². The van der Waals surface area contributed by atoms with Crippen molar-refractivity contribution in [2.24, 2.45) is 5.92 Å². The first-order valence-corrected chi connectivity index (χ1v) is 12.1. The standard InChI is InChI=1S/C24H26N2O4S2/c1-2-3-16-8-10-25(11-9-16)18-6-4-17(5-7-18)12-22-23(29)26(24(31)32-22)14-19-13-20(27)21(28)15-30-19/h4-7,12-13,15-16,28H,2-3,8-11,14H2,1H3/b22-12-. The van der Waals surface area contributed by atoms with Gasteiger partial charge in [0.15, 0.2) is 5.75 Å². The van der Waals surface area contributed by atoms with Crippen LogP contribution in [0.4, 0.5) is 5.69 Å². The molecule has 1 aromatic carbocycles. The molecule has 1 amide bonds.